The molecule has 2 nitrogen and oxygen atoms in total. The van der Waals surface area contributed by atoms with E-state index in [2.05, 4.69) is 6.07 Å². The van der Waals surface area contributed by atoms with E-state index < -0.39 is 0 Å². The molecule has 0 spiro atoms. The van der Waals surface area contributed by atoms with Crippen molar-refractivity contribution in [1.82, 2.24) is 4.90 Å². The maximum atomic E-state index is 12.6. The highest BCUT2D eigenvalue weighted by Crippen LogP contribution is 2.30. The molecule has 0 aliphatic heterocycles. The van der Waals surface area contributed by atoms with Crippen LogP contribution in [0, 0.1) is 0 Å². The van der Waals surface area contributed by atoms with E-state index in [9.17, 15) is 4.79 Å². The third-order valence-corrected chi connectivity index (χ3v) is 5.15. The second kappa shape index (κ2) is 6.39. The van der Waals surface area contributed by atoms with Crippen LogP contribution < -0.4 is 0 Å². The van der Waals surface area contributed by atoms with Gasteiger partial charge in [-0.2, -0.15) is 0 Å². The fraction of sp³-hybridized carbons (Fsp3) is 0.312. The van der Waals surface area contributed by atoms with Crippen molar-refractivity contribution in [2.45, 2.75) is 31.8 Å². The molecular weight excluding hydrogens is 325 g/mol. The van der Waals surface area contributed by atoms with Crippen LogP contribution in [0.3, 0.4) is 0 Å². The van der Waals surface area contributed by atoms with Gasteiger partial charge in [0.15, 0.2) is 0 Å². The van der Waals surface area contributed by atoms with Crippen LogP contribution in [-0.2, 0) is 17.8 Å². The minimum absolute atomic E-state index is 0.157. The van der Waals surface area contributed by atoms with Crippen molar-refractivity contribution in [3.8, 4) is 0 Å². The van der Waals surface area contributed by atoms with Gasteiger partial charge in [0.25, 0.3) is 0 Å². The molecule has 21 heavy (non-hydrogen) atoms. The first-order chi connectivity index (χ1) is 10.1. The maximum absolute atomic E-state index is 12.6. The Morgan fingerprint density at radius 1 is 1.24 bits per heavy atom. The summed E-state index contributed by atoms with van der Waals surface area (Å²) in [4.78, 5) is 15.8. The smallest absolute Gasteiger partial charge is 0.227 e. The molecule has 0 radical (unpaired) electrons. The largest absolute Gasteiger partial charge is 0.334 e. The van der Waals surface area contributed by atoms with Crippen molar-refractivity contribution in [2.24, 2.45) is 0 Å². The lowest BCUT2D eigenvalue weighted by Crippen LogP contribution is -2.33. The first kappa shape index (κ1) is 14.9. The van der Waals surface area contributed by atoms with E-state index in [1.807, 2.05) is 22.4 Å². The Labute approximate surface area is 138 Å². The predicted octanol–water partition coefficient (Wildman–Crippen LogP) is 4.79. The molecule has 1 amide bonds. The van der Waals surface area contributed by atoms with E-state index in [1.54, 1.807) is 23.5 Å². The van der Waals surface area contributed by atoms with Crippen molar-refractivity contribution in [1.29, 1.82) is 0 Å². The number of hydrogen-bond donors (Lipinski definition) is 0. The number of rotatable bonds is 5. The number of carbonyl (C=O) groups excluding carboxylic acids is 1. The standard InChI is InChI=1S/C16H15Cl2NOS/c17-14-6-3-11(8-15(14)18)9-16(20)19(12-4-5-12)10-13-2-1-7-21-13/h1-3,6-8,12H,4-5,9-10H2. The Hall–Kier alpha value is -1.03. The van der Waals surface area contributed by atoms with Gasteiger partial charge in [-0.25, -0.2) is 0 Å². The van der Waals surface area contributed by atoms with Crippen LogP contribution in [0.25, 0.3) is 0 Å². The highest BCUT2D eigenvalue weighted by molar-refractivity contribution is 7.09. The van der Waals surface area contributed by atoms with E-state index in [-0.39, 0.29) is 5.91 Å². The fourth-order valence-corrected chi connectivity index (χ4v) is 3.33. The minimum atomic E-state index is 0.157. The molecule has 1 aliphatic rings. The summed E-state index contributed by atoms with van der Waals surface area (Å²) in [5, 5.41) is 3.06. The van der Waals surface area contributed by atoms with Gasteiger partial charge < -0.3 is 4.90 Å². The molecule has 0 atom stereocenters. The van der Waals surface area contributed by atoms with Crippen LogP contribution in [-0.4, -0.2) is 16.8 Å². The zero-order chi connectivity index (χ0) is 14.8. The number of benzene rings is 1. The summed E-state index contributed by atoms with van der Waals surface area (Å²) >= 11 is 13.6. The van der Waals surface area contributed by atoms with E-state index in [0.29, 0.717) is 29.1 Å². The van der Waals surface area contributed by atoms with E-state index in [4.69, 9.17) is 23.2 Å². The normalized spacial score (nSPS) is 14.2. The van der Waals surface area contributed by atoms with Crippen molar-refractivity contribution >= 4 is 40.4 Å². The number of thiophene rings is 1. The molecule has 0 unspecified atom stereocenters. The molecule has 0 bridgehead atoms. The first-order valence-electron chi connectivity index (χ1n) is 6.89. The van der Waals surface area contributed by atoms with Gasteiger partial charge in [0.05, 0.1) is 23.0 Å². The van der Waals surface area contributed by atoms with Gasteiger partial charge >= 0.3 is 0 Å². The maximum Gasteiger partial charge on any atom is 0.227 e. The zero-order valence-electron chi connectivity index (χ0n) is 11.4. The summed E-state index contributed by atoms with van der Waals surface area (Å²) < 4.78 is 0. The summed E-state index contributed by atoms with van der Waals surface area (Å²) in [6, 6.07) is 9.89. The van der Waals surface area contributed by atoms with E-state index in [1.165, 1.54) is 4.88 Å². The number of halogens is 2. The van der Waals surface area contributed by atoms with Gasteiger partial charge in [-0.15, -0.1) is 11.3 Å². The molecule has 2 aromatic rings. The van der Waals surface area contributed by atoms with Crippen LogP contribution in [0.1, 0.15) is 23.3 Å². The van der Waals surface area contributed by atoms with E-state index >= 15 is 0 Å². The Balaban J connectivity index is 1.70. The zero-order valence-corrected chi connectivity index (χ0v) is 13.7. The lowest BCUT2D eigenvalue weighted by atomic mass is 10.1. The van der Waals surface area contributed by atoms with Crippen LogP contribution in [0.5, 0.6) is 0 Å². The first-order valence-corrected chi connectivity index (χ1v) is 8.53. The highest BCUT2D eigenvalue weighted by Gasteiger charge is 2.32. The van der Waals surface area contributed by atoms with Crippen molar-refractivity contribution in [3.63, 3.8) is 0 Å². The third-order valence-electron chi connectivity index (χ3n) is 3.55. The van der Waals surface area contributed by atoms with Gasteiger partial charge in [-0.1, -0.05) is 35.3 Å². The molecule has 1 aromatic carbocycles. The van der Waals surface area contributed by atoms with Gasteiger partial charge in [0.2, 0.25) is 5.91 Å². The van der Waals surface area contributed by atoms with Crippen LogP contribution >= 0.6 is 34.5 Å². The SMILES string of the molecule is O=C(Cc1ccc(Cl)c(Cl)c1)N(Cc1cccs1)C1CC1. The second-order valence-electron chi connectivity index (χ2n) is 5.26. The average molecular weight is 340 g/mol. The lowest BCUT2D eigenvalue weighted by molar-refractivity contribution is -0.131. The van der Waals surface area contributed by atoms with E-state index in [0.717, 1.165) is 18.4 Å². The number of carbonyl (C=O) groups is 1. The molecule has 1 heterocycles. The van der Waals surface area contributed by atoms with Crippen LogP contribution in [0.2, 0.25) is 10.0 Å². The average Bonchev–Trinajstić information content (AvgIpc) is 3.16. The molecule has 110 valence electrons. The highest BCUT2D eigenvalue weighted by atomic mass is 35.5. The summed E-state index contributed by atoms with van der Waals surface area (Å²) in [6.45, 7) is 0.711. The number of amides is 1. The van der Waals surface area contributed by atoms with Crippen LogP contribution in [0.15, 0.2) is 35.7 Å². The summed E-state index contributed by atoms with van der Waals surface area (Å²) in [5.74, 6) is 0.157. The van der Waals surface area contributed by atoms with Gasteiger partial charge in [0.1, 0.15) is 0 Å². The summed E-state index contributed by atoms with van der Waals surface area (Å²) in [6.07, 6.45) is 2.59. The Bertz CT molecular complexity index is 638. The van der Waals surface area contributed by atoms with Crippen molar-refractivity contribution < 1.29 is 4.79 Å². The van der Waals surface area contributed by atoms with Gasteiger partial charge in [0, 0.05) is 10.9 Å². The molecule has 0 saturated heterocycles. The predicted molar refractivity (Wildman–Crippen MR) is 88.1 cm³/mol. The van der Waals surface area contributed by atoms with Gasteiger partial charge in [-0.3, -0.25) is 4.79 Å². The van der Waals surface area contributed by atoms with Crippen molar-refractivity contribution in [2.75, 3.05) is 0 Å². The molecule has 0 N–H and O–H groups in total. The summed E-state index contributed by atoms with van der Waals surface area (Å²) in [5.41, 5.74) is 0.909. The van der Waals surface area contributed by atoms with Gasteiger partial charge in [-0.05, 0) is 42.0 Å². The molecule has 3 rings (SSSR count). The lowest BCUT2D eigenvalue weighted by Gasteiger charge is -2.22. The Morgan fingerprint density at radius 2 is 2.05 bits per heavy atom. The monoisotopic (exact) mass is 339 g/mol. The number of nitrogens with zero attached hydrogens (tertiary/aromatic N) is 1. The molecule has 1 fully saturated rings. The Morgan fingerprint density at radius 3 is 2.67 bits per heavy atom. The van der Waals surface area contributed by atoms with Crippen LogP contribution in [0.4, 0.5) is 0 Å². The molecule has 1 aliphatic carbocycles. The molecule has 1 saturated carbocycles. The Kier molecular flexibility index (Phi) is 4.53. The fourth-order valence-electron chi connectivity index (χ4n) is 2.30. The summed E-state index contributed by atoms with van der Waals surface area (Å²) in [7, 11) is 0. The molecule has 5 heteroatoms. The second-order valence-corrected chi connectivity index (χ2v) is 7.10. The van der Waals surface area contributed by atoms with Crippen molar-refractivity contribution in [3.05, 3.63) is 56.2 Å². The topological polar surface area (TPSA) is 20.3 Å². The third kappa shape index (κ3) is 3.79. The molecular formula is C16H15Cl2NOS. The molecule has 1 aromatic heterocycles. The minimum Gasteiger partial charge on any atom is -0.334 e. The quantitative estimate of drug-likeness (QED) is 0.766. The number of hydrogen-bond acceptors (Lipinski definition) is 2.